The molecule has 100 valence electrons. The first kappa shape index (κ1) is 7.48. The molecule has 0 aromatic heterocycles. The van der Waals surface area contributed by atoms with Crippen LogP contribution in [0.2, 0.25) is 0 Å². The average Bonchev–Trinajstić information content (AvgIpc) is 2.45. The number of ether oxygens (including phenoxy) is 1. The van der Waals surface area contributed by atoms with Gasteiger partial charge in [-0.2, -0.15) is 0 Å². The van der Waals surface area contributed by atoms with E-state index in [0.29, 0.717) is 25.1 Å². The Morgan fingerprint density at radius 1 is 1.61 bits per heavy atom. The van der Waals surface area contributed by atoms with Crippen LogP contribution in [0.15, 0.2) is 24.3 Å². The molecule has 1 aromatic carbocycles. The first-order valence-corrected chi connectivity index (χ1v) is 5.96. The van der Waals surface area contributed by atoms with E-state index in [1.54, 1.807) is 18.2 Å². The number of methoxy groups -OCH3 is 1. The van der Waals surface area contributed by atoms with Crippen LogP contribution in [0.25, 0.3) is 0 Å². The first-order valence-electron chi connectivity index (χ1n) is 8.96. The summed E-state index contributed by atoms with van der Waals surface area (Å²) in [6, 6.07) is 6.52. The van der Waals surface area contributed by atoms with Crippen molar-refractivity contribution in [1.29, 1.82) is 0 Å². The van der Waals surface area contributed by atoms with Crippen molar-refractivity contribution in [3.63, 3.8) is 0 Å². The summed E-state index contributed by atoms with van der Waals surface area (Å²) in [5.74, 6) is 0.118. The summed E-state index contributed by atoms with van der Waals surface area (Å²) in [4.78, 5) is 0. The molecule has 3 N–H and O–H groups in total. The minimum Gasteiger partial charge on any atom is -0.496 e. The van der Waals surface area contributed by atoms with Crippen molar-refractivity contribution in [1.82, 2.24) is 10.6 Å². The van der Waals surface area contributed by atoms with Gasteiger partial charge in [-0.25, -0.2) is 0 Å². The lowest BCUT2D eigenvalue weighted by molar-refractivity contribution is 0.0507. The molecule has 1 aliphatic heterocycles. The zero-order valence-corrected chi connectivity index (χ0v) is 10.1. The lowest BCUT2D eigenvalue weighted by atomic mass is 9.72. The first-order chi connectivity index (χ1) is 11.0. The van der Waals surface area contributed by atoms with Gasteiger partial charge in [0.05, 0.1) is 17.3 Å². The summed E-state index contributed by atoms with van der Waals surface area (Å²) in [5.41, 5.74) is -0.535. The number of nitrogens with one attached hydrogen (secondary N) is 2. The highest BCUT2D eigenvalue weighted by Gasteiger charge is 2.42. The Balaban J connectivity index is 2.44. The Labute approximate surface area is 117 Å². The molecule has 0 radical (unpaired) electrons. The SMILES string of the molecule is [2H]C([2H])([2H])NCC1(c2ccccc2OC([2H])([2H])[2H])CNCCC1O. The van der Waals surface area contributed by atoms with Crippen LogP contribution in [-0.2, 0) is 5.41 Å². The molecule has 2 rings (SSSR count). The second-order valence-electron chi connectivity index (χ2n) is 4.59. The molecule has 4 heteroatoms. The summed E-state index contributed by atoms with van der Waals surface area (Å²) in [5, 5.41) is 16.2. The van der Waals surface area contributed by atoms with Crippen LogP contribution in [0.4, 0.5) is 0 Å². The smallest absolute Gasteiger partial charge is 0.122 e. The third-order valence-electron chi connectivity index (χ3n) is 3.61. The Kier molecular flexibility index (Phi) is 2.37. The fourth-order valence-electron chi connectivity index (χ4n) is 2.62. The van der Waals surface area contributed by atoms with Gasteiger partial charge in [0.15, 0.2) is 0 Å². The van der Waals surface area contributed by atoms with Crippen LogP contribution in [0.1, 0.15) is 20.2 Å². The molecule has 0 saturated carbocycles. The van der Waals surface area contributed by atoms with Gasteiger partial charge in [-0.15, -0.1) is 0 Å². The second kappa shape index (κ2) is 5.69. The maximum atomic E-state index is 10.6. The third kappa shape index (κ3) is 2.23. The number of para-hydroxylation sites is 1. The van der Waals surface area contributed by atoms with E-state index >= 15 is 0 Å². The molecule has 0 spiro atoms. The second-order valence-corrected chi connectivity index (χ2v) is 4.59. The molecule has 1 fully saturated rings. The number of hydrogen-bond acceptors (Lipinski definition) is 4. The molecule has 18 heavy (non-hydrogen) atoms. The van der Waals surface area contributed by atoms with Crippen molar-refractivity contribution in [2.45, 2.75) is 17.9 Å². The minimum absolute atomic E-state index is 0.0426. The molecule has 2 unspecified atom stereocenters. The molecule has 1 saturated heterocycles. The summed E-state index contributed by atoms with van der Waals surface area (Å²) in [6.45, 7) is -1.51. The standard InChI is InChI=1S/C14H22N2O2/c1-15-9-14(10-16-8-7-13(14)17)11-5-3-4-6-12(11)18-2/h3-6,13,15-17H,7-10H2,1-2H3/i1D3,2D3. The van der Waals surface area contributed by atoms with E-state index in [1.807, 2.05) is 0 Å². The Hall–Kier alpha value is -1.10. The van der Waals surface area contributed by atoms with E-state index in [1.165, 1.54) is 6.07 Å². The normalized spacial score (nSPS) is 34.4. The third-order valence-corrected chi connectivity index (χ3v) is 3.61. The zero-order chi connectivity index (χ0) is 18.0. The monoisotopic (exact) mass is 256 g/mol. The van der Waals surface area contributed by atoms with Crippen molar-refractivity contribution in [2.75, 3.05) is 33.6 Å². The number of piperidine rings is 1. The van der Waals surface area contributed by atoms with Gasteiger partial charge in [-0.3, -0.25) is 0 Å². The zero-order valence-electron chi connectivity index (χ0n) is 16.1. The van der Waals surface area contributed by atoms with E-state index in [-0.39, 0.29) is 12.3 Å². The molecule has 1 heterocycles. The number of benzene rings is 1. The molecule has 2 atom stereocenters. The lowest BCUT2D eigenvalue weighted by Gasteiger charge is -2.42. The van der Waals surface area contributed by atoms with Crippen LogP contribution < -0.4 is 15.4 Å². The van der Waals surface area contributed by atoms with Crippen LogP contribution >= 0.6 is 0 Å². The fourth-order valence-corrected chi connectivity index (χ4v) is 2.62. The van der Waals surface area contributed by atoms with E-state index in [0.717, 1.165) is 0 Å². The van der Waals surface area contributed by atoms with Crippen molar-refractivity contribution in [3.8, 4) is 5.75 Å². The van der Waals surface area contributed by atoms with Crippen LogP contribution in [0.5, 0.6) is 5.75 Å². The quantitative estimate of drug-likeness (QED) is 0.734. The van der Waals surface area contributed by atoms with Gasteiger partial charge in [-0.1, -0.05) is 18.2 Å². The summed E-state index contributed by atoms with van der Waals surface area (Å²) in [7, 11) is -2.64. The van der Waals surface area contributed by atoms with Gasteiger partial charge in [-0.05, 0) is 26.0 Å². The predicted octanol–water partition coefficient (Wildman–Crippen LogP) is 0.507. The molecule has 4 nitrogen and oxygen atoms in total. The molecular formula is C14H22N2O2. The minimum atomic E-state index is -2.64. The Bertz CT molecular complexity index is 563. The highest BCUT2D eigenvalue weighted by Crippen LogP contribution is 2.36. The van der Waals surface area contributed by atoms with Gasteiger partial charge >= 0.3 is 0 Å². The molecule has 1 aliphatic rings. The Morgan fingerprint density at radius 3 is 3.28 bits per heavy atom. The van der Waals surface area contributed by atoms with Crippen molar-refractivity contribution in [3.05, 3.63) is 29.8 Å². The summed E-state index contributed by atoms with van der Waals surface area (Å²) < 4.78 is 49.1. The maximum Gasteiger partial charge on any atom is 0.122 e. The van der Waals surface area contributed by atoms with Gasteiger partial charge in [0.25, 0.3) is 0 Å². The van der Waals surface area contributed by atoms with Gasteiger partial charge in [0.2, 0.25) is 0 Å². The summed E-state index contributed by atoms with van der Waals surface area (Å²) in [6.07, 6.45) is -0.417. The number of rotatable bonds is 4. The number of aliphatic hydroxyl groups is 1. The molecular weight excluding hydrogens is 228 g/mol. The van der Waals surface area contributed by atoms with Gasteiger partial charge in [0.1, 0.15) is 5.75 Å². The number of hydrogen-bond donors (Lipinski definition) is 3. The molecule has 0 amide bonds. The topological polar surface area (TPSA) is 53.5 Å². The molecule has 1 aromatic rings. The maximum absolute atomic E-state index is 10.6. The van der Waals surface area contributed by atoms with E-state index in [2.05, 4.69) is 10.6 Å². The fraction of sp³-hybridized carbons (Fsp3) is 0.571. The highest BCUT2D eigenvalue weighted by atomic mass is 16.5. The number of likely N-dealkylation sites (N-methyl/N-ethyl adjacent to an activating group) is 1. The largest absolute Gasteiger partial charge is 0.496 e. The van der Waals surface area contributed by atoms with Crippen LogP contribution in [0, 0.1) is 0 Å². The van der Waals surface area contributed by atoms with E-state index < -0.39 is 25.5 Å². The molecule has 0 bridgehead atoms. The van der Waals surface area contributed by atoms with Crippen molar-refractivity contribution >= 4 is 0 Å². The van der Waals surface area contributed by atoms with Gasteiger partial charge in [0, 0.05) is 28.2 Å². The van der Waals surface area contributed by atoms with Gasteiger partial charge < -0.3 is 20.5 Å². The number of aliphatic hydroxyl groups excluding tert-OH is 1. The van der Waals surface area contributed by atoms with E-state index in [4.69, 9.17) is 13.0 Å². The van der Waals surface area contributed by atoms with Crippen molar-refractivity contribution in [2.24, 2.45) is 0 Å². The average molecular weight is 256 g/mol. The van der Waals surface area contributed by atoms with Crippen LogP contribution in [-0.4, -0.2) is 44.9 Å². The Morgan fingerprint density at radius 2 is 2.50 bits per heavy atom. The highest BCUT2D eigenvalue weighted by molar-refractivity contribution is 5.42. The van der Waals surface area contributed by atoms with E-state index in [9.17, 15) is 5.11 Å². The van der Waals surface area contributed by atoms with Crippen LogP contribution in [0.3, 0.4) is 0 Å². The summed E-state index contributed by atoms with van der Waals surface area (Å²) >= 11 is 0. The lowest BCUT2D eigenvalue weighted by Crippen LogP contribution is -2.57. The van der Waals surface area contributed by atoms with Crippen molar-refractivity contribution < 1.29 is 18.1 Å². The predicted molar refractivity (Wildman–Crippen MR) is 72.1 cm³/mol. The molecule has 0 aliphatic carbocycles.